The van der Waals surface area contributed by atoms with Crippen LogP contribution in [0.2, 0.25) is 0 Å². The molecule has 0 saturated carbocycles. The first kappa shape index (κ1) is 11.8. The number of thiazole rings is 1. The average Bonchev–Trinajstić information content (AvgIpc) is 2.74. The molecule has 0 aliphatic rings. The molecule has 1 N–H and O–H groups in total. The Balaban J connectivity index is 2.03. The highest BCUT2D eigenvalue weighted by molar-refractivity contribution is 7.07. The normalized spacial score (nSPS) is 10.4. The van der Waals surface area contributed by atoms with Crippen molar-refractivity contribution in [2.75, 3.05) is 11.9 Å². The first-order valence-corrected chi connectivity index (χ1v) is 6.36. The molecule has 2 heterocycles. The van der Waals surface area contributed by atoms with Gasteiger partial charge in [-0.2, -0.15) is 0 Å². The molecule has 6 heteroatoms. The van der Waals surface area contributed by atoms with Crippen LogP contribution in [-0.4, -0.2) is 21.1 Å². The molecule has 0 radical (unpaired) electrons. The van der Waals surface area contributed by atoms with Crippen LogP contribution in [0, 0.1) is 0 Å². The van der Waals surface area contributed by atoms with Crippen LogP contribution >= 0.6 is 11.3 Å². The lowest BCUT2D eigenvalue weighted by Gasteiger charge is -2.04. The van der Waals surface area contributed by atoms with Gasteiger partial charge in [0.1, 0.15) is 5.82 Å². The van der Waals surface area contributed by atoms with Crippen LogP contribution in [-0.2, 0) is 6.54 Å². The van der Waals surface area contributed by atoms with Gasteiger partial charge in [0, 0.05) is 18.1 Å². The Bertz CT molecular complexity index is 517. The van der Waals surface area contributed by atoms with Gasteiger partial charge in [-0.3, -0.25) is 14.3 Å². The van der Waals surface area contributed by atoms with Gasteiger partial charge in [-0.05, 0) is 6.42 Å². The zero-order chi connectivity index (χ0) is 12.1. The van der Waals surface area contributed by atoms with E-state index in [1.807, 2.05) is 0 Å². The second kappa shape index (κ2) is 5.58. The molecule has 5 nitrogen and oxygen atoms in total. The summed E-state index contributed by atoms with van der Waals surface area (Å²) in [6, 6.07) is 0. The largest absolute Gasteiger partial charge is 0.369 e. The summed E-state index contributed by atoms with van der Waals surface area (Å²) >= 11 is 1.18. The summed E-state index contributed by atoms with van der Waals surface area (Å²) in [6.07, 6.45) is 6.20. The predicted molar refractivity (Wildman–Crippen MR) is 68.5 cm³/mol. The smallest absolute Gasteiger partial charge is 0.307 e. The van der Waals surface area contributed by atoms with Gasteiger partial charge in [0.15, 0.2) is 0 Å². The van der Waals surface area contributed by atoms with Gasteiger partial charge in [-0.15, -0.1) is 0 Å². The van der Waals surface area contributed by atoms with Crippen molar-refractivity contribution in [3.05, 3.63) is 39.3 Å². The Morgan fingerprint density at radius 3 is 2.88 bits per heavy atom. The second-order valence-electron chi connectivity index (χ2n) is 3.62. The summed E-state index contributed by atoms with van der Waals surface area (Å²) in [5.41, 5.74) is 0.785. The first-order chi connectivity index (χ1) is 8.29. The number of nitrogens with one attached hydrogen (secondary N) is 1. The summed E-state index contributed by atoms with van der Waals surface area (Å²) < 4.78 is 1.62. The molecule has 17 heavy (non-hydrogen) atoms. The Hall–Kier alpha value is -1.69. The standard InChI is InChI=1S/C11H14N4OS/c1-2-3-12-10-7-13-9(6-14-10)8-15-4-5-17-11(15)16/h4-7H,2-3,8H2,1H3,(H,12,14). The number of rotatable bonds is 5. The molecule has 0 atom stereocenters. The average molecular weight is 250 g/mol. The van der Waals surface area contributed by atoms with E-state index in [0.717, 1.165) is 24.5 Å². The quantitative estimate of drug-likeness (QED) is 0.875. The fourth-order valence-electron chi connectivity index (χ4n) is 1.36. The number of anilines is 1. The third-order valence-electron chi connectivity index (χ3n) is 2.24. The second-order valence-corrected chi connectivity index (χ2v) is 4.47. The van der Waals surface area contributed by atoms with E-state index in [-0.39, 0.29) is 4.87 Å². The Kier molecular flexibility index (Phi) is 3.87. The zero-order valence-corrected chi connectivity index (χ0v) is 10.4. The van der Waals surface area contributed by atoms with Gasteiger partial charge >= 0.3 is 4.87 Å². The van der Waals surface area contributed by atoms with Gasteiger partial charge in [0.25, 0.3) is 0 Å². The van der Waals surface area contributed by atoms with Gasteiger partial charge < -0.3 is 5.32 Å². The third-order valence-corrected chi connectivity index (χ3v) is 2.93. The molecule has 0 aromatic carbocycles. The minimum Gasteiger partial charge on any atom is -0.369 e. The summed E-state index contributed by atoms with van der Waals surface area (Å²) in [6.45, 7) is 3.46. The molecule has 2 aromatic rings. The summed E-state index contributed by atoms with van der Waals surface area (Å²) in [5.74, 6) is 0.772. The predicted octanol–water partition coefficient (Wildman–Crippen LogP) is 1.57. The lowest BCUT2D eigenvalue weighted by atomic mass is 10.4. The van der Waals surface area contributed by atoms with Crippen molar-refractivity contribution >= 4 is 17.2 Å². The molecule has 0 spiro atoms. The molecule has 0 fully saturated rings. The molecule has 2 rings (SSSR count). The molecule has 0 aliphatic carbocycles. The molecule has 0 amide bonds. The van der Waals surface area contributed by atoms with E-state index in [1.54, 1.807) is 28.5 Å². The number of aromatic nitrogens is 3. The molecule has 0 saturated heterocycles. The fraction of sp³-hybridized carbons (Fsp3) is 0.364. The number of hydrogen-bond donors (Lipinski definition) is 1. The Morgan fingerprint density at radius 1 is 1.41 bits per heavy atom. The van der Waals surface area contributed by atoms with Gasteiger partial charge in [-0.25, -0.2) is 4.98 Å². The van der Waals surface area contributed by atoms with Crippen LogP contribution in [0.3, 0.4) is 0 Å². The van der Waals surface area contributed by atoms with Crippen LogP contribution < -0.4 is 10.2 Å². The van der Waals surface area contributed by atoms with Crippen molar-refractivity contribution in [2.45, 2.75) is 19.9 Å². The lowest BCUT2D eigenvalue weighted by molar-refractivity contribution is 0.755. The van der Waals surface area contributed by atoms with E-state index in [4.69, 9.17) is 0 Å². The van der Waals surface area contributed by atoms with Crippen LogP contribution in [0.15, 0.2) is 28.8 Å². The van der Waals surface area contributed by atoms with E-state index in [1.165, 1.54) is 11.3 Å². The molecular weight excluding hydrogens is 236 g/mol. The minimum atomic E-state index is 0.0278. The van der Waals surface area contributed by atoms with Crippen molar-refractivity contribution < 1.29 is 0 Å². The Morgan fingerprint density at radius 2 is 2.29 bits per heavy atom. The van der Waals surface area contributed by atoms with Crippen LogP contribution in [0.25, 0.3) is 0 Å². The van der Waals surface area contributed by atoms with E-state index in [2.05, 4.69) is 22.2 Å². The van der Waals surface area contributed by atoms with E-state index in [9.17, 15) is 4.79 Å². The molecule has 0 aliphatic heterocycles. The lowest BCUT2D eigenvalue weighted by Crippen LogP contribution is -2.14. The highest BCUT2D eigenvalue weighted by atomic mass is 32.1. The minimum absolute atomic E-state index is 0.0278. The van der Waals surface area contributed by atoms with E-state index < -0.39 is 0 Å². The van der Waals surface area contributed by atoms with Gasteiger partial charge in [0.05, 0.1) is 24.6 Å². The first-order valence-electron chi connectivity index (χ1n) is 5.48. The zero-order valence-electron chi connectivity index (χ0n) is 9.59. The number of nitrogens with zero attached hydrogens (tertiary/aromatic N) is 3. The van der Waals surface area contributed by atoms with Crippen LogP contribution in [0.5, 0.6) is 0 Å². The van der Waals surface area contributed by atoms with Crippen molar-refractivity contribution in [1.29, 1.82) is 0 Å². The Labute approximate surface area is 103 Å². The maximum Gasteiger partial charge on any atom is 0.307 e. The SMILES string of the molecule is CCCNc1cnc(Cn2ccsc2=O)cn1. The fourth-order valence-corrected chi connectivity index (χ4v) is 1.95. The van der Waals surface area contributed by atoms with Crippen LogP contribution in [0.1, 0.15) is 19.0 Å². The topological polar surface area (TPSA) is 59.8 Å². The summed E-state index contributed by atoms with van der Waals surface area (Å²) in [5, 5.41) is 4.92. The van der Waals surface area contributed by atoms with Crippen molar-refractivity contribution in [1.82, 2.24) is 14.5 Å². The van der Waals surface area contributed by atoms with E-state index in [0.29, 0.717) is 6.54 Å². The van der Waals surface area contributed by atoms with Crippen LogP contribution in [0.4, 0.5) is 5.82 Å². The molecular formula is C11H14N4OS. The maximum atomic E-state index is 11.4. The van der Waals surface area contributed by atoms with Crippen molar-refractivity contribution in [3.8, 4) is 0 Å². The molecule has 0 bridgehead atoms. The maximum absolute atomic E-state index is 11.4. The highest BCUT2D eigenvalue weighted by Crippen LogP contribution is 2.02. The van der Waals surface area contributed by atoms with Gasteiger partial charge in [0.2, 0.25) is 0 Å². The molecule has 90 valence electrons. The molecule has 2 aromatic heterocycles. The monoisotopic (exact) mass is 250 g/mol. The third kappa shape index (κ3) is 3.13. The van der Waals surface area contributed by atoms with Gasteiger partial charge in [-0.1, -0.05) is 18.3 Å². The summed E-state index contributed by atoms with van der Waals surface area (Å²) in [7, 11) is 0. The molecule has 0 unspecified atom stereocenters. The highest BCUT2D eigenvalue weighted by Gasteiger charge is 2.01. The number of hydrogen-bond acceptors (Lipinski definition) is 5. The van der Waals surface area contributed by atoms with Crippen molar-refractivity contribution in [2.24, 2.45) is 0 Å². The van der Waals surface area contributed by atoms with Crippen molar-refractivity contribution in [3.63, 3.8) is 0 Å². The van der Waals surface area contributed by atoms with E-state index >= 15 is 0 Å². The summed E-state index contributed by atoms with van der Waals surface area (Å²) in [4.78, 5) is 19.9.